The summed E-state index contributed by atoms with van der Waals surface area (Å²) in [6.07, 6.45) is -1.80. The number of carbonyl (C=O) groups is 1. The number of piperidine rings is 1. The van der Waals surface area contributed by atoms with E-state index in [-0.39, 0.29) is 18.3 Å². The molecular weight excluding hydrogens is 502 g/mol. The van der Waals surface area contributed by atoms with Crippen LogP contribution < -0.4 is 0 Å². The maximum atomic E-state index is 13.4. The number of esters is 1. The van der Waals surface area contributed by atoms with Crippen molar-refractivity contribution in [1.82, 2.24) is 4.90 Å². The van der Waals surface area contributed by atoms with Crippen molar-refractivity contribution in [2.45, 2.75) is 86.8 Å². The van der Waals surface area contributed by atoms with E-state index in [0.29, 0.717) is 25.1 Å². The van der Waals surface area contributed by atoms with Crippen molar-refractivity contribution >= 4 is 5.97 Å². The highest BCUT2D eigenvalue weighted by molar-refractivity contribution is 5.89. The maximum absolute atomic E-state index is 13.4. The van der Waals surface area contributed by atoms with Gasteiger partial charge in [-0.3, -0.25) is 4.90 Å². The Labute approximate surface area is 229 Å². The molecule has 7 bridgehead atoms. The number of fused-ring (bicyclic) bond motifs is 2. The van der Waals surface area contributed by atoms with Crippen molar-refractivity contribution in [3.63, 3.8) is 0 Å². The zero-order chi connectivity index (χ0) is 27.8. The van der Waals surface area contributed by atoms with E-state index in [1.165, 1.54) is 0 Å². The molecule has 9 nitrogen and oxygen atoms in total. The van der Waals surface area contributed by atoms with E-state index < -0.39 is 76.4 Å². The topological polar surface area (TPSA) is 129 Å². The summed E-state index contributed by atoms with van der Waals surface area (Å²) in [5, 5.41) is 51.2. The van der Waals surface area contributed by atoms with Gasteiger partial charge in [-0.25, -0.2) is 4.79 Å². The van der Waals surface area contributed by atoms with Crippen LogP contribution in [0.3, 0.4) is 0 Å². The molecule has 5 aliphatic carbocycles. The van der Waals surface area contributed by atoms with E-state index in [4.69, 9.17) is 14.2 Å². The highest BCUT2D eigenvalue weighted by Gasteiger charge is 2.95. The second kappa shape index (κ2) is 8.03. The van der Waals surface area contributed by atoms with Gasteiger partial charge in [0.05, 0.1) is 46.9 Å². The number of likely N-dealkylation sites (tertiary alicyclic amines) is 1. The van der Waals surface area contributed by atoms with Gasteiger partial charge < -0.3 is 34.6 Å². The summed E-state index contributed by atoms with van der Waals surface area (Å²) >= 11 is 0. The molecule has 0 radical (unpaired) electrons. The van der Waals surface area contributed by atoms with Crippen LogP contribution in [0.1, 0.15) is 49.9 Å². The molecule has 7 rings (SSSR count). The van der Waals surface area contributed by atoms with E-state index in [1.54, 1.807) is 38.5 Å². The summed E-state index contributed by atoms with van der Waals surface area (Å²) in [7, 11) is 3.10. The molecule has 4 N–H and O–H groups in total. The lowest BCUT2D eigenvalue weighted by atomic mass is 9.41. The van der Waals surface area contributed by atoms with Gasteiger partial charge in [0.15, 0.2) is 0 Å². The average Bonchev–Trinajstić information content (AvgIpc) is 3.29. The first-order valence-electron chi connectivity index (χ1n) is 14.4. The normalized spacial score (nSPS) is 55.0. The molecule has 1 heterocycles. The third kappa shape index (κ3) is 2.66. The van der Waals surface area contributed by atoms with E-state index in [2.05, 4.69) is 11.8 Å². The first-order chi connectivity index (χ1) is 18.5. The Kier molecular flexibility index (Phi) is 5.42. The number of likely N-dealkylation sites (N-methyl/N-ethyl adjacent to an activating group) is 1. The predicted octanol–water partition coefficient (Wildman–Crippen LogP) is 0.970. The van der Waals surface area contributed by atoms with E-state index >= 15 is 0 Å². The van der Waals surface area contributed by atoms with Crippen molar-refractivity contribution in [2.24, 2.45) is 28.6 Å². The zero-order valence-electron chi connectivity index (χ0n) is 23.1. The lowest BCUT2D eigenvalue weighted by Gasteiger charge is -2.71. The van der Waals surface area contributed by atoms with Crippen molar-refractivity contribution in [3.8, 4) is 0 Å². The second-order valence-electron chi connectivity index (χ2n) is 13.5. The number of methoxy groups -OCH3 is 2. The third-order valence-corrected chi connectivity index (χ3v) is 12.3. The molecule has 1 aromatic carbocycles. The Balaban J connectivity index is 1.47. The van der Waals surface area contributed by atoms with E-state index in [0.717, 1.165) is 6.42 Å². The number of ether oxygens (including phenoxy) is 3. The number of benzene rings is 1. The lowest BCUT2D eigenvalue weighted by molar-refractivity contribution is -0.353. The number of aliphatic hydroxyl groups is 4. The minimum atomic E-state index is -1.90. The molecule has 5 saturated carbocycles. The summed E-state index contributed by atoms with van der Waals surface area (Å²) in [6.45, 7) is 5.44. The minimum absolute atomic E-state index is 0.0700. The van der Waals surface area contributed by atoms with Crippen LogP contribution in [-0.2, 0) is 14.2 Å². The summed E-state index contributed by atoms with van der Waals surface area (Å²) < 4.78 is 18.2. The van der Waals surface area contributed by atoms with Crippen LogP contribution in [0.15, 0.2) is 30.3 Å². The van der Waals surface area contributed by atoms with E-state index in [9.17, 15) is 25.2 Å². The highest BCUT2D eigenvalue weighted by Crippen LogP contribution is 2.81. The van der Waals surface area contributed by atoms with Crippen LogP contribution in [0.2, 0.25) is 0 Å². The molecule has 0 aromatic heterocycles. The molecular formula is C30H41NO8. The van der Waals surface area contributed by atoms with Gasteiger partial charge in [-0.15, -0.1) is 0 Å². The van der Waals surface area contributed by atoms with Crippen molar-refractivity contribution in [2.75, 3.05) is 27.3 Å². The van der Waals surface area contributed by atoms with Gasteiger partial charge in [0.2, 0.25) is 0 Å². The number of hydrogen-bond donors (Lipinski definition) is 4. The Hall–Kier alpha value is -1.59. The maximum Gasteiger partial charge on any atom is 0.338 e. The number of nitrogens with zero attached hydrogens (tertiary/aromatic N) is 1. The number of carbonyl (C=O) groups excluding carboxylic acids is 1. The summed E-state index contributed by atoms with van der Waals surface area (Å²) in [5.41, 5.74) is -6.55. The van der Waals surface area contributed by atoms with Crippen LogP contribution in [0.4, 0.5) is 0 Å². The highest BCUT2D eigenvalue weighted by atomic mass is 16.6. The van der Waals surface area contributed by atoms with Gasteiger partial charge in [0.1, 0.15) is 17.3 Å². The minimum Gasteiger partial charge on any atom is -0.458 e. The molecule has 1 aromatic rings. The molecule has 1 spiro atoms. The molecule has 13 atom stereocenters. The van der Waals surface area contributed by atoms with Crippen LogP contribution in [-0.4, -0.2) is 106 Å². The Morgan fingerprint density at radius 2 is 1.77 bits per heavy atom. The molecule has 0 amide bonds. The van der Waals surface area contributed by atoms with Gasteiger partial charge in [-0.05, 0) is 43.4 Å². The SMILES string of the molecule is CCN1C[C@]2(C)CC[C@H](O)[C@]34C1[C@](O)([C@H](OC)[C@H]23)[C@@]1(O)C[C@H](OC)C2C[C@]4(O)[C@@H]1[C@H]2OC(=O)c1ccccc1. The Morgan fingerprint density at radius 3 is 2.41 bits per heavy atom. The molecule has 39 heavy (non-hydrogen) atoms. The monoisotopic (exact) mass is 543 g/mol. The van der Waals surface area contributed by atoms with Crippen LogP contribution in [0, 0.1) is 28.6 Å². The average molecular weight is 544 g/mol. The standard InChI is InChI=1S/C30H41NO8/c1-5-31-15-26(2)12-11-19(32)29-22(26)23(38-4)30(36,25(29)31)28(35)14-18(37-3)17-13-27(29,34)21(28)20(17)39-24(33)16-9-7-6-8-10-16/h6-10,17-23,25,32,34-36H,5,11-15H2,1-4H3/t17?,18-,19-,20-,21-,22+,23+,25?,26-,27-,28+,29+,30+/m0/s1. The molecule has 6 fully saturated rings. The Bertz CT molecular complexity index is 1180. The largest absolute Gasteiger partial charge is 0.458 e. The lowest BCUT2D eigenvalue weighted by Crippen LogP contribution is -2.86. The van der Waals surface area contributed by atoms with Gasteiger partial charge in [0, 0.05) is 39.0 Å². The van der Waals surface area contributed by atoms with E-state index in [1.807, 2.05) is 13.0 Å². The van der Waals surface area contributed by atoms with Crippen molar-refractivity contribution in [3.05, 3.63) is 35.9 Å². The number of hydrogen-bond acceptors (Lipinski definition) is 9. The summed E-state index contributed by atoms with van der Waals surface area (Å²) in [5.74, 6) is -2.38. The first-order valence-corrected chi connectivity index (χ1v) is 14.4. The second-order valence-corrected chi connectivity index (χ2v) is 13.5. The molecule has 214 valence electrons. The zero-order valence-corrected chi connectivity index (χ0v) is 23.1. The Morgan fingerprint density at radius 1 is 1.05 bits per heavy atom. The molecule has 1 aliphatic heterocycles. The smallest absolute Gasteiger partial charge is 0.338 e. The molecule has 1 saturated heterocycles. The summed E-state index contributed by atoms with van der Waals surface area (Å²) in [6, 6.07) is 7.92. The van der Waals surface area contributed by atoms with Crippen LogP contribution in [0.5, 0.6) is 0 Å². The number of rotatable bonds is 5. The summed E-state index contributed by atoms with van der Waals surface area (Å²) in [4.78, 5) is 15.5. The van der Waals surface area contributed by atoms with Gasteiger partial charge in [-0.1, -0.05) is 32.0 Å². The molecule has 6 aliphatic rings. The first kappa shape index (κ1) is 26.3. The van der Waals surface area contributed by atoms with Crippen molar-refractivity contribution in [1.29, 1.82) is 0 Å². The van der Waals surface area contributed by atoms with Crippen LogP contribution in [0.25, 0.3) is 0 Å². The predicted molar refractivity (Wildman–Crippen MR) is 139 cm³/mol. The fourth-order valence-corrected chi connectivity index (χ4v) is 11.3. The molecule has 2 unspecified atom stereocenters. The van der Waals surface area contributed by atoms with Gasteiger partial charge in [0.25, 0.3) is 0 Å². The van der Waals surface area contributed by atoms with Crippen molar-refractivity contribution < 1.29 is 39.4 Å². The quantitative estimate of drug-likeness (QED) is 0.402. The third-order valence-electron chi connectivity index (χ3n) is 12.3. The number of aliphatic hydroxyl groups excluding tert-OH is 1. The fourth-order valence-electron chi connectivity index (χ4n) is 11.3. The van der Waals surface area contributed by atoms with Gasteiger partial charge in [-0.2, -0.15) is 0 Å². The van der Waals surface area contributed by atoms with Gasteiger partial charge >= 0.3 is 5.97 Å². The molecule has 9 heteroatoms. The van der Waals surface area contributed by atoms with Crippen LogP contribution >= 0.6 is 0 Å². The fraction of sp³-hybridized carbons (Fsp3) is 0.767.